The van der Waals surface area contributed by atoms with Crippen molar-refractivity contribution in [1.29, 1.82) is 0 Å². The first-order valence-electron chi connectivity index (χ1n) is 12.2. The molecule has 2 N–H and O–H groups in total. The number of benzene rings is 1. The summed E-state index contributed by atoms with van der Waals surface area (Å²) >= 11 is 0. The summed E-state index contributed by atoms with van der Waals surface area (Å²) < 4.78 is 71.3. The van der Waals surface area contributed by atoms with Crippen LogP contribution in [0.1, 0.15) is 72.2 Å². The van der Waals surface area contributed by atoms with Gasteiger partial charge in [-0.05, 0) is 62.6 Å². The average Bonchev–Trinajstić information content (AvgIpc) is 3.40. The Morgan fingerprint density at radius 3 is 2.43 bits per heavy atom. The predicted molar refractivity (Wildman–Crippen MR) is 128 cm³/mol. The zero-order valence-corrected chi connectivity index (χ0v) is 19.8. The highest BCUT2D eigenvalue weighted by molar-refractivity contribution is 6.06. The molecule has 0 unspecified atom stereocenters. The van der Waals surface area contributed by atoms with E-state index in [2.05, 4.69) is 20.6 Å². The summed E-state index contributed by atoms with van der Waals surface area (Å²) in [5.74, 6) is -6.00. The summed E-state index contributed by atoms with van der Waals surface area (Å²) in [5.41, 5.74) is 0.552. The third-order valence-electron chi connectivity index (χ3n) is 7.06. The minimum absolute atomic E-state index is 0.0742. The van der Waals surface area contributed by atoms with E-state index >= 15 is 0 Å². The van der Waals surface area contributed by atoms with E-state index in [1.54, 1.807) is 0 Å². The number of hydrogen-bond donors (Lipinski definition) is 2. The van der Waals surface area contributed by atoms with Crippen molar-refractivity contribution >= 4 is 11.6 Å². The van der Waals surface area contributed by atoms with Gasteiger partial charge in [-0.25, -0.2) is 22.0 Å². The number of aromatic nitrogens is 2. The molecule has 2 aliphatic rings. The lowest BCUT2D eigenvalue weighted by Gasteiger charge is -2.29. The van der Waals surface area contributed by atoms with E-state index in [1.807, 2.05) is 0 Å². The van der Waals surface area contributed by atoms with Crippen molar-refractivity contribution in [2.75, 3.05) is 11.9 Å². The van der Waals surface area contributed by atoms with Gasteiger partial charge >= 0.3 is 0 Å². The molecule has 1 aliphatic carbocycles. The fraction of sp³-hybridized carbons (Fsp3) is 0.370. The van der Waals surface area contributed by atoms with Crippen molar-refractivity contribution in [2.24, 2.45) is 0 Å². The number of nitrogens with one attached hydrogen (secondary N) is 2. The van der Waals surface area contributed by atoms with E-state index in [0.29, 0.717) is 5.69 Å². The van der Waals surface area contributed by atoms with Crippen molar-refractivity contribution in [3.05, 3.63) is 77.1 Å². The first-order chi connectivity index (χ1) is 17.7. The van der Waals surface area contributed by atoms with Gasteiger partial charge in [0, 0.05) is 42.3 Å². The Balaban J connectivity index is 1.52. The number of rotatable bonds is 5. The summed E-state index contributed by atoms with van der Waals surface area (Å²) in [5, 5.41) is 5.83. The molecular formula is C27H25F5N4O. The van der Waals surface area contributed by atoms with E-state index in [4.69, 9.17) is 0 Å². The van der Waals surface area contributed by atoms with Gasteiger partial charge in [0.2, 0.25) is 5.92 Å². The van der Waals surface area contributed by atoms with E-state index in [0.717, 1.165) is 43.7 Å². The van der Waals surface area contributed by atoms with Gasteiger partial charge in [0.05, 0.1) is 28.7 Å². The third-order valence-corrected chi connectivity index (χ3v) is 7.06. The summed E-state index contributed by atoms with van der Waals surface area (Å²) in [7, 11) is 0. The molecule has 1 aliphatic heterocycles. The topological polar surface area (TPSA) is 66.9 Å². The lowest BCUT2D eigenvalue weighted by atomic mass is 9.83. The molecule has 2 aromatic heterocycles. The van der Waals surface area contributed by atoms with Crippen LogP contribution < -0.4 is 10.6 Å². The largest absolute Gasteiger partial charge is 0.320 e. The van der Waals surface area contributed by atoms with Gasteiger partial charge in [-0.2, -0.15) is 0 Å². The van der Waals surface area contributed by atoms with Crippen molar-refractivity contribution in [2.45, 2.75) is 56.4 Å². The van der Waals surface area contributed by atoms with Gasteiger partial charge in [-0.3, -0.25) is 14.8 Å². The smallest absolute Gasteiger partial charge is 0.257 e. The maximum atomic E-state index is 14.8. The molecule has 1 saturated carbocycles. The van der Waals surface area contributed by atoms with Gasteiger partial charge in [0.1, 0.15) is 17.5 Å². The number of alkyl halides is 2. The molecule has 37 heavy (non-hydrogen) atoms. The Morgan fingerprint density at radius 1 is 0.946 bits per heavy atom. The van der Waals surface area contributed by atoms with Crippen molar-refractivity contribution < 1.29 is 26.7 Å². The van der Waals surface area contributed by atoms with E-state index in [9.17, 15) is 26.7 Å². The second kappa shape index (κ2) is 10.2. The van der Waals surface area contributed by atoms with E-state index in [1.165, 1.54) is 18.5 Å². The molecule has 5 nitrogen and oxygen atoms in total. The molecule has 0 spiro atoms. The number of pyridine rings is 2. The number of carbonyl (C=O) groups is 1. The fourth-order valence-corrected chi connectivity index (χ4v) is 5.09. The second-order valence-electron chi connectivity index (χ2n) is 9.57. The lowest BCUT2D eigenvalue weighted by molar-refractivity contribution is -0.0384. The number of hydrogen-bond acceptors (Lipinski definition) is 4. The molecule has 1 atom stereocenters. The second-order valence-corrected chi connectivity index (χ2v) is 9.57. The van der Waals surface area contributed by atoms with Crippen LogP contribution in [-0.4, -0.2) is 28.3 Å². The molecule has 3 heterocycles. The first-order valence-corrected chi connectivity index (χ1v) is 12.2. The van der Waals surface area contributed by atoms with Crippen LogP contribution in [0.3, 0.4) is 0 Å². The van der Waals surface area contributed by atoms with Crippen molar-refractivity contribution in [3.63, 3.8) is 0 Å². The average molecular weight is 517 g/mol. The highest BCUT2D eigenvalue weighted by Crippen LogP contribution is 2.44. The number of anilines is 1. The highest BCUT2D eigenvalue weighted by atomic mass is 19.3. The summed E-state index contributed by atoms with van der Waals surface area (Å²) in [4.78, 5) is 21.7. The molecule has 0 bridgehead atoms. The van der Waals surface area contributed by atoms with Crippen LogP contribution in [0.2, 0.25) is 0 Å². The van der Waals surface area contributed by atoms with E-state index < -0.39 is 35.2 Å². The molecular weight excluding hydrogens is 491 g/mol. The van der Waals surface area contributed by atoms with Crippen molar-refractivity contribution in [1.82, 2.24) is 15.3 Å². The monoisotopic (exact) mass is 516 g/mol. The van der Waals surface area contributed by atoms with Crippen LogP contribution in [0.15, 0.2) is 42.7 Å². The summed E-state index contributed by atoms with van der Waals surface area (Å²) in [6, 6.07) is 5.20. The number of halogens is 5. The van der Waals surface area contributed by atoms with Crippen LogP contribution in [0.25, 0.3) is 11.1 Å². The van der Waals surface area contributed by atoms with Crippen molar-refractivity contribution in [3.8, 4) is 11.1 Å². The summed E-state index contributed by atoms with van der Waals surface area (Å²) in [6.45, 7) is 0.754. The predicted octanol–water partition coefficient (Wildman–Crippen LogP) is 6.53. The maximum absolute atomic E-state index is 14.8. The minimum Gasteiger partial charge on any atom is -0.320 e. The number of amides is 1. The van der Waals surface area contributed by atoms with Gasteiger partial charge in [-0.15, -0.1) is 0 Å². The Hall–Kier alpha value is -3.40. The fourth-order valence-electron chi connectivity index (χ4n) is 5.09. The Morgan fingerprint density at radius 2 is 1.73 bits per heavy atom. The number of nitrogens with zero attached hydrogens (tertiary/aromatic N) is 2. The van der Waals surface area contributed by atoms with Crippen LogP contribution in [0, 0.1) is 17.5 Å². The zero-order valence-electron chi connectivity index (χ0n) is 19.8. The SMILES string of the molecule is O=C(Nc1c(-c2cc(F)ccc2F)ccnc1C1CCC(F)(F)CC1)c1cnc([C@H]2CCCN2)c(F)c1. The van der Waals surface area contributed by atoms with Gasteiger partial charge in [-0.1, -0.05) is 0 Å². The quantitative estimate of drug-likeness (QED) is 0.379. The lowest BCUT2D eigenvalue weighted by Crippen LogP contribution is -2.25. The molecule has 194 valence electrons. The van der Waals surface area contributed by atoms with Crippen LogP contribution >= 0.6 is 0 Å². The standard InChI is InChI=1S/C27H25F5N4O/c28-17-3-4-20(29)19(13-17)18-7-11-34-23(15-5-8-27(31,32)9-6-15)24(18)36-26(37)16-12-21(30)25(35-14-16)22-2-1-10-33-22/h3-4,7,11-15,22,33H,1-2,5-6,8-10H2,(H,36,37)/t22-/m1/s1. The number of carbonyl (C=O) groups excluding carboxylic acids is 1. The normalized spacial score (nSPS) is 19.6. The molecule has 5 rings (SSSR count). The summed E-state index contributed by atoms with van der Waals surface area (Å²) in [6.07, 6.45) is 3.78. The van der Waals surface area contributed by atoms with Gasteiger partial charge in [0.25, 0.3) is 5.91 Å². The Bertz CT molecular complexity index is 1320. The molecule has 0 radical (unpaired) electrons. The van der Waals surface area contributed by atoms with Crippen LogP contribution in [0.5, 0.6) is 0 Å². The molecule has 10 heteroatoms. The zero-order chi connectivity index (χ0) is 26.2. The Kier molecular flexibility index (Phi) is 6.94. The van der Waals surface area contributed by atoms with Gasteiger partial charge in [0.15, 0.2) is 0 Å². The minimum atomic E-state index is -2.79. The maximum Gasteiger partial charge on any atom is 0.257 e. The highest BCUT2D eigenvalue weighted by Gasteiger charge is 2.37. The Labute approximate surface area is 210 Å². The third kappa shape index (κ3) is 5.34. The molecule has 3 aromatic rings. The first kappa shape index (κ1) is 25.3. The molecule has 2 fully saturated rings. The van der Waals surface area contributed by atoms with Gasteiger partial charge < -0.3 is 10.6 Å². The van der Waals surface area contributed by atoms with Crippen LogP contribution in [0.4, 0.5) is 27.6 Å². The molecule has 1 aromatic carbocycles. The van der Waals surface area contributed by atoms with Crippen LogP contribution in [-0.2, 0) is 0 Å². The van der Waals surface area contributed by atoms with E-state index in [-0.39, 0.29) is 59.8 Å². The molecule has 1 saturated heterocycles. The molecule has 1 amide bonds.